The number of fused-ring (bicyclic) bond motifs is 1. The SMILES string of the molecule is CN(CC1CCCCN1)c1cnc2ccccc2n1. The average molecular weight is 256 g/mol. The van der Waals surface area contributed by atoms with E-state index in [1.807, 2.05) is 30.5 Å². The second-order valence-electron chi connectivity index (χ2n) is 5.24. The molecule has 4 heteroatoms. The van der Waals surface area contributed by atoms with E-state index in [9.17, 15) is 0 Å². The molecule has 1 fully saturated rings. The van der Waals surface area contributed by atoms with Crippen LogP contribution < -0.4 is 10.2 Å². The Kier molecular flexibility index (Phi) is 3.60. The molecule has 0 saturated carbocycles. The van der Waals surface area contributed by atoms with Gasteiger partial charge in [-0.1, -0.05) is 18.6 Å². The number of hydrogen-bond acceptors (Lipinski definition) is 4. The Morgan fingerprint density at radius 3 is 2.89 bits per heavy atom. The van der Waals surface area contributed by atoms with Gasteiger partial charge in [-0.3, -0.25) is 4.98 Å². The van der Waals surface area contributed by atoms with Crippen molar-refractivity contribution in [1.82, 2.24) is 15.3 Å². The molecule has 1 N–H and O–H groups in total. The minimum Gasteiger partial charge on any atom is -0.357 e. The number of hydrogen-bond donors (Lipinski definition) is 1. The van der Waals surface area contributed by atoms with Crippen molar-refractivity contribution in [2.75, 3.05) is 25.0 Å². The van der Waals surface area contributed by atoms with Gasteiger partial charge in [-0.25, -0.2) is 4.98 Å². The van der Waals surface area contributed by atoms with E-state index in [0.717, 1.165) is 29.9 Å². The molecule has 1 unspecified atom stereocenters. The lowest BCUT2D eigenvalue weighted by Crippen LogP contribution is -2.42. The highest BCUT2D eigenvalue weighted by Crippen LogP contribution is 2.16. The van der Waals surface area contributed by atoms with Crippen molar-refractivity contribution in [3.8, 4) is 0 Å². The summed E-state index contributed by atoms with van der Waals surface area (Å²) in [6, 6.07) is 8.58. The summed E-state index contributed by atoms with van der Waals surface area (Å²) in [5, 5.41) is 3.57. The Labute approximate surface area is 113 Å². The zero-order valence-corrected chi connectivity index (χ0v) is 11.3. The van der Waals surface area contributed by atoms with Gasteiger partial charge in [0, 0.05) is 19.6 Å². The van der Waals surface area contributed by atoms with E-state index in [4.69, 9.17) is 0 Å². The smallest absolute Gasteiger partial charge is 0.147 e. The van der Waals surface area contributed by atoms with Crippen molar-refractivity contribution in [2.45, 2.75) is 25.3 Å². The zero-order chi connectivity index (χ0) is 13.1. The van der Waals surface area contributed by atoms with Gasteiger partial charge in [0.25, 0.3) is 0 Å². The predicted octanol–water partition coefficient (Wildman–Crippen LogP) is 2.21. The van der Waals surface area contributed by atoms with E-state index in [2.05, 4.69) is 27.2 Å². The molecule has 1 atom stereocenters. The summed E-state index contributed by atoms with van der Waals surface area (Å²) in [4.78, 5) is 11.3. The number of aromatic nitrogens is 2. The van der Waals surface area contributed by atoms with Gasteiger partial charge >= 0.3 is 0 Å². The van der Waals surface area contributed by atoms with Crippen LogP contribution in [0.4, 0.5) is 5.82 Å². The van der Waals surface area contributed by atoms with Crippen LogP contribution >= 0.6 is 0 Å². The summed E-state index contributed by atoms with van der Waals surface area (Å²) < 4.78 is 0. The van der Waals surface area contributed by atoms with Crippen LogP contribution in [0, 0.1) is 0 Å². The van der Waals surface area contributed by atoms with Crippen LogP contribution in [0.5, 0.6) is 0 Å². The fourth-order valence-corrected chi connectivity index (χ4v) is 2.64. The topological polar surface area (TPSA) is 41.0 Å². The fraction of sp³-hybridized carbons (Fsp3) is 0.467. The molecule has 0 radical (unpaired) electrons. The van der Waals surface area contributed by atoms with E-state index < -0.39 is 0 Å². The van der Waals surface area contributed by atoms with E-state index in [1.54, 1.807) is 0 Å². The zero-order valence-electron chi connectivity index (χ0n) is 11.3. The molecule has 1 aromatic carbocycles. The van der Waals surface area contributed by atoms with Crippen molar-refractivity contribution in [1.29, 1.82) is 0 Å². The van der Waals surface area contributed by atoms with Crippen LogP contribution in [0.1, 0.15) is 19.3 Å². The third-order valence-electron chi connectivity index (χ3n) is 3.73. The molecule has 0 bridgehead atoms. The first kappa shape index (κ1) is 12.4. The van der Waals surface area contributed by atoms with Gasteiger partial charge in [-0.15, -0.1) is 0 Å². The monoisotopic (exact) mass is 256 g/mol. The van der Waals surface area contributed by atoms with Crippen molar-refractivity contribution in [3.63, 3.8) is 0 Å². The van der Waals surface area contributed by atoms with Crippen LogP contribution in [0.25, 0.3) is 11.0 Å². The normalized spacial score (nSPS) is 19.5. The first-order valence-corrected chi connectivity index (χ1v) is 6.99. The number of nitrogens with zero attached hydrogens (tertiary/aromatic N) is 3. The molecule has 2 heterocycles. The summed E-state index contributed by atoms with van der Waals surface area (Å²) >= 11 is 0. The molecule has 100 valence electrons. The quantitative estimate of drug-likeness (QED) is 0.914. The number of para-hydroxylation sites is 2. The Bertz CT molecular complexity index is 549. The van der Waals surface area contributed by atoms with Crippen molar-refractivity contribution in [2.24, 2.45) is 0 Å². The minimum atomic E-state index is 0.576. The summed E-state index contributed by atoms with van der Waals surface area (Å²) in [7, 11) is 2.09. The van der Waals surface area contributed by atoms with Gasteiger partial charge in [0.05, 0.1) is 17.2 Å². The maximum Gasteiger partial charge on any atom is 0.147 e. The highest BCUT2D eigenvalue weighted by molar-refractivity contribution is 5.75. The number of piperidine rings is 1. The third-order valence-corrected chi connectivity index (χ3v) is 3.73. The van der Waals surface area contributed by atoms with Crippen LogP contribution in [-0.4, -0.2) is 36.1 Å². The molecular weight excluding hydrogens is 236 g/mol. The first-order valence-electron chi connectivity index (χ1n) is 6.99. The standard InChI is InChI=1S/C15H20N4/c1-19(11-12-6-4-5-9-16-12)15-10-17-13-7-2-3-8-14(13)18-15/h2-3,7-8,10,12,16H,4-6,9,11H2,1H3. The van der Waals surface area contributed by atoms with Gasteiger partial charge in [0.2, 0.25) is 0 Å². The molecule has 2 aromatic rings. The van der Waals surface area contributed by atoms with Crippen molar-refractivity contribution < 1.29 is 0 Å². The van der Waals surface area contributed by atoms with E-state index in [0.29, 0.717) is 6.04 Å². The third kappa shape index (κ3) is 2.84. The largest absolute Gasteiger partial charge is 0.357 e. The van der Waals surface area contributed by atoms with E-state index >= 15 is 0 Å². The molecule has 1 aliphatic rings. The summed E-state index contributed by atoms with van der Waals surface area (Å²) in [6.07, 6.45) is 5.75. The van der Waals surface area contributed by atoms with Gasteiger partial charge in [0.1, 0.15) is 5.82 Å². The molecule has 0 aliphatic carbocycles. The van der Waals surface area contributed by atoms with Crippen molar-refractivity contribution in [3.05, 3.63) is 30.5 Å². The molecular formula is C15H20N4. The highest BCUT2D eigenvalue weighted by Gasteiger charge is 2.15. The number of likely N-dealkylation sites (N-methyl/N-ethyl adjacent to an activating group) is 1. The summed E-state index contributed by atoms with van der Waals surface area (Å²) in [6.45, 7) is 2.13. The minimum absolute atomic E-state index is 0.576. The Balaban J connectivity index is 1.75. The maximum atomic E-state index is 4.68. The first-order chi connectivity index (χ1) is 9.33. The van der Waals surface area contributed by atoms with Gasteiger partial charge < -0.3 is 10.2 Å². The molecule has 4 nitrogen and oxygen atoms in total. The Morgan fingerprint density at radius 1 is 1.26 bits per heavy atom. The van der Waals surface area contributed by atoms with E-state index in [1.165, 1.54) is 19.3 Å². The molecule has 3 rings (SSSR count). The highest BCUT2D eigenvalue weighted by atomic mass is 15.2. The molecule has 0 spiro atoms. The summed E-state index contributed by atoms with van der Waals surface area (Å²) in [5.74, 6) is 0.950. The fourth-order valence-electron chi connectivity index (χ4n) is 2.64. The van der Waals surface area contributed by atoms with E-state index in [-0.39, 0.29) is 0 Å². The predicted molar refractivity (Wildman–Crippen MR) is 78.4 cm³/mol. The number of anilines is 1. The lowest BCUT2D eigenvalue weighted by Gasteiger charge is -2.28. The maximum absolute atomic E-state index is 4.68. The number of rotatable bonds is 3. The molecule has 1 aromatic heterocycles. The second kappa shape index (κ2) is 5.53. The van der Waals surface area contributed by atoms with Crippen LogP contribution in [-0.2, 0) is 0 Å². The van der Waals surface area contributed by atoms with Crippen LogP contribution in [0.2, 0.25) is 0 Å². The van der Waals surface area contributed by atoms with Gasteiger partial charge in [-0.2, -0.15) is 0 Å². The van der Waals surface area contributed by atoms with Crippen molar-refractivity contribution >= 4 is 16.9 Å². The molecule has 0 amide bonds. The lowest BCUT2D eigenvalue weighted by molar-refractivity contribution is 0.403. The van der Waals surface area contributed by atoms with Gasteiger partial charge in [0.15, 0.2) is 0 Å². The van der Waals surface area contributed by atoms with Crippen LogP contribution in [0.3, 0.4) is 0 Å². The van der Waals surface area contributed by atoms with Crippen LogP contribution in [0.15, 0.2) is 30.5 Å². The number of nitrogens with one attached hydrogen (secondary N) is 1. The second-order valence-corrected chi connectivity index (χ2v) is 5.24. The molecule has 19 heavy (non-hydrogen) atoms. The number of benzene rings is 1. The average Bonchev–Trinajstić information content (AvgIpc) is 2.48. The lowest BCUT2D eigenvalue weighted by atomic mass is 10.0. The molecule has 1 aliphatic heterocycles. The molecule has 1 saturated heterocycles. The van der Waals surface area contributed by atoms with Gasteiger partial charge in [-0.05, 0) is 31.5 Å². The Hall–Kier alpha value is -1.68. The summed E-state index contributed by atoms with van der Waals surface area (Å²) in [5.41, 5.74) is 1.92. The Morgan fingerprint density at radius 2 is 2.11 bits per heavy atom.